The summed E-state index contributed by atoms with van der Waals surface area (Å²) in [7, 11) is 0. The molecule has 0 saturated carbocycles. The van der Waals surface area contributed by atoms with E-state index in [-0.39, 0.29) is 17.6 Å². The van der Waals surface area contributed by atoms with Crippen molar-refractivity contribution in [2.45, 2.75) is 32.3 Å². The molecule has 1 fully saturated rings. The minimum Gasteiger partial charge on any atom is -0.355 e. The Morgan fingerprint density at radius 2 is 1.75 bits per heavy atom. The third-order valence-electron chi connectivity index (χ3n) is 4.90. The molecular weight excluding hydrogens is 432 g/mol. The van der Waals surface area contributed by atoms with Crippen molar-refractivity contribution >= 4 is 41.3 Å². The maximum absolute atomic E-state index is 12.7. The van der Waals surface area contributed by atoms with E-state index in [2.05, 4.69) is 41.0 Å². The molecule has 32 heavy (non-hydrogen) atoms. The highest BCUT2D eigenvalue weighted by Crippen LogP contribution is 2.21. The third-order valence-corrected chi connectivity index (χ3v) is 5.82. The largest absolute Gasteiger partial charge is 0.355 e. The molecule has 3 rings (SSSR count). The molecule has 2 aromatic heterocycles. The van der Waals surface area contributed by atoms with Crippen molar-refractivity contribution in [2.24, 2.45) is 0 Å². The summed E-state index contributed by atoms with van der Waals surface area (Å²) in [6.45, 7) is 11.0. The van der Waals surface area contributed by atoms with Gasteiger partial charge in [-0.25, -0.2) is 4.40 Å². The van der Waals surface area contributed by atoms with E-state index in [4.69, 9.17) is 0 Å². The Morgan fingerprint density at radius 1 is 1.00 bits per heavy atom. The molecule has 176 valence electrons. The van der Waals surface area contributed by atoms with Crippen LogP contribution in [0.25, 0.3) is 5.78 Å². The molecular formula is C19H32N10O2S. The van der Waals surface area contributed by atoms with Crippen LogP contribution in [0.2, 0.25) is 0 Å². The third kappa shape index (κ3) is 6.19. The maximum Gasteiger partial charge on any atom is 0.261 e. The predicted molar refractivity (Wildman–Crippen MR) is 124 cm³/mol. The normalized spacial score (nSPS) is 14.5. The van der Waals surface area contributed by atoms with Crippen LogP contribution in [-0.4, -0.2) is 104 Å². The Kier molecular flexibility index (Phi) is 8.85. The lowest BCUT2D eigenvalue weighted by atomic mass is 10.3. The molecule has 2 aromatic rings. The van der Waals surface area contributed by atoms with E-state index in [1.165, 1.54) is 11.8 Å². The van der Waals surface area contributed by atoms with Gasteiger partial charge in [0.05, 0.1) is 12.3 Å². The summed E-state index contributed by atoms with van der Waals surface area (Å²) in [5, 5.41) is 18.1. The first-order valence-corrected chi connectivity index (χ1v) is 12.0. The molecule has 1 saturated heterocycles. The summed E-state index contributed by atoms with van der Waals surface area (Å²) >= 11 is 1.32. The second-order valence-electron chi connectivity index (χ2n) is 7.35. The molecule has 12 nitrogen and oxygen atoms in total. The van der Waals surface area contributed by atoms with Crippen LogP contribution in [0.5, 0.6) is 0 Å². The van der Waals surface area contributed by atoms with Gasteiger partial charge in [-0.2, -0.15) is 9.97 Å². The Morgan fingerprint density at radius 3 is 2.44 bits per heavy atom. The second kappa shape index (κ2) is 11.8. The number of aromatic nitrogens is 5. The van der Waals surface area contributed by atoms with Crippen LogP contribution in [0, 0.1) is 0 Å². The zero-order valence-electron chi connectivity index (χ0n) is 18.9. The molecule has 0 unspecified atom stereocenters. The fourth-order valence-corrected chi connectivity index (χ4v) is 4.12. The van der Waals surface area contributed by atoms with Crippen LogP contribution in [0.1, 0.15) is 27.2 Å². The van der Waals surface area contributed by atoms with E-state index in [9.17, 15) is 9.59 Å². The van der Waals surface area contributed by atoms with E-state index in [1.807, 2.05) is 25.7 Å². The highest BCUT2D eigenvalue weighted by molar-refractivity contribution is 7.99. The molecule has 0 atom stereocenters. The minimum atomic E-state index is 0.0388. The lowest BCUT2D eigenvalue weighted by Crippen LogP contribution is -2.51. The molecule has 3 N–H and O–H groups in total. The Labute approximate surface area is 191 Å². The zero-order valence-corrected chi connectivity index (χ0v) is 19.7. The van der Waals surface area contributed by atoms with Crippen molar-refractivity contribution in [3.63, 3.8) is 0 Å². The molecule has 0 aromatic carbocycles. The van der Waals surface area contributed by atoms with Crippen molar-refractivity contribution in [1.82, 2.24) is 39.7 Å². The average Bonchev–Trinajstić information content (AvgIpc) is 3.20. The summed E-state index contributed by atoms with van der Waals surface area (Å²) in [5.74, 6) is 1.82. The fraction of sp³-hybridized carbons (Fsp3) is 0.684. The molecule has 2 amide bonds. The number of carbonyl (C=O) groups is 2. The molecule has 0 radical (unpaired) electrons. The lowest BCUT2D eigenvalue weighted by molar-refractivity contribution is -0.130. The molecule has 3 heterocycles. The second-order valence-corrected chi connectivity index (χ2v) is 8.29. The Bertz CT molecular complexity index is 913. The van der Waals surface area contributed by atoms with Gasteiger partial charge in [0, 0.05) is 45.8 Å². The Balaban J connectivity index is 1.55. The molecule has 1 aliphatic heterocycles. The van der Waals surface area contributed by atoms with Crippen molar-refractivity contribution < 1.29 is 9.59 Å². The summed E-state index contributed by atoms with van der Waals surface area (Å²) in [6, 6.07) is 0. The number of piperazine rings is 1. The van der Waals surface area contributed by atoms with Gasteiger partial charge in [-0.05, 0) is 20.3 Å². The smallest absolute Gasteiger partial charge is 0.261 e. The van der Waals surface area contributed by atoms with Crippen LogP contribution in [0.4, 0.5) is 11.9 Å². The van der Waals surface area contributed by atoms with E-state index in [0.717, 1.165) is 6.42 Å². The quantitative estimate of drug-likeness (QED) is 0.395. The standard InChI is InChI=1S/C19H32N10O2S/c1-4-7-22-14(30)12-27-8-10-28(11-9-27)15(31)13-32-19-26-25-18-24-16(20-5-2)23-17(21-6-3)29(18)19/h4-13H2,1-3H3,(H,22,30)(H2,20,21,23,24,25). The van der Waals surface area contributed by atoms with E-state index >= 15 is 0 Å². The van der Waals surface area contributed by atoms with Gasteiger partial charge in [-0.3, -0.25) is 14.5 Å². The summed E-state index contributed by atoms with van der Waals surface area (Å²) in [5.41, 5.74) is 0. The minimum absolute atomic E-state index is 0.0388. The number of fused-ring (bicyclic) bond motifs is 1. The highest BCUT2D eigenvalue weighted by Gasteiger charge is 2.23. The number of amides is 2. The van der Waals surface area contributed by atoms with Crippen molar-refractivity contribution in [3.8, 4) is 0 Å². The number of nitrogens with zero attached hydrogens (tertiary/aromatic N) is 7. The van der Waals surface area contributed by atoms with Crippen LogP contribution in [-0.2, 0) is 9.59 Å². The number of nitrogens with one attached hydrogen (secondary N) is 3. The van der Waals surface area contributed by atoms with Crippen molar-refractivity contribution in [1.29, 1.82) is 0 Å². The molecule has 0 bridgehead atoms. The first kappa shape index (κ1) is 24.0. The van der Waals surface area contributed by atoms with Crippen LogP contribution < -0.4 is 16.0 Å². The molecule has 0 aliphatic carbocycles. The average molecular weight is 465 g/mol. The summed E-state index contributed by atoms with van der Waals surface area (Å²) < 4.78 is 1.73. The van der Waals surface area contributed by atoms with E-state index in [1.54, 1.807) is 4.40 Å². The number of hydrogen-bond acceptors (Lipinski definition) is 10. The van der Waals surface area contributed by atoms with Crippen LogP contribution in [0.15, 0.2) is 5.16 Å². The molecule has 1 aliphatic rings. The summed E-state index contributed by atoms with van der Waals surface area (Å²) in [6.07, 6.45) is 0.923. The SMILES string of the molecule is CCCNC(=O)CN1CCN(C(=O)CSc2nnc3nc(NCC)nc(NCC)n23)CC1. The van der Waals surface area contributed by atoms with Gasteiger partial charge >= 0.3 is 0 Å². The van der Waals surface area contributed by atoms with Gasteiger partial charge in [0.15, 0.2) is 5.16 Å². The Hall–Kier alpha value is -2.67. The molecule has 0 spiro atoms. The van der Waals surface area contributed by atoms with Gasteiger partial charge in [0.2, 0.25) is 23.7 Å². The highest BCUT2D eigenvalue weighted by atomic mass is 32.2. The zero-order chi connectivity index (χ0) is 22.9. The maximum atomic E-state index is 12.7. The number of rotatable bonds is 11. The number of anilines is 2. The first-order valence-electron chi connectivity index (χ1n) is 11.1. The van der Waals surface area contributed by atoms with E-state index in [0.29, 0.717) is 75.2 Å². The first-order chi connectivity index (χ1) is 15.5. The van der Waals surface area contributed by atoms with Crippen LogP contribution in [0.3, 0.4) is 0 Å². The molecule has 13 heteroatoms. The number of thioether (sulfide) groups is 1. The van der Waals surface area contributed by atoms with Gasteiger partial charge in [0.1, 0.15) is 0 Å². The van der Waals surface area contributed by atoms with Crippen molar-refractivity contribution in [3.05, 3.63) is 0 Å². The number of carbonyl (C=O) groups excluding carboxylic acids is 2. The van der Waals surface area contributed by atoms with Gasteiger partial charge in [-0.1, -0.05) is 18.7 Å². The van der Waals surface area contributed by atoms with Crippen molar-refractivity contribution in [2.75, 3.05) is 68.7 Å². The van der Waals surface area contributed by atoms with Crippen LogP contribution >= 0.6 is 11.8 Å². The van der Waals surface area contributed by atoms with Gasteiger partial charge < -0.3 is 20.9 Å². The predicted octanol–water partition coefficient (Wildman–Crippen LogP) is 0.145. The summed E-state index contributed by atoms with van der Waals surface area (Å²) in [4.78, 5) is 37.4. The van der Waals surface area contributed by atoms with Gasteiger partial charge in [0.25, 0.3) is 5.78 Å². The number of hydrogen-bond donors (Lipinski definition) is 3. The van der Waals surface area contributed by atoms with Gasteiger partial charge in [-0.15, -0.1) is 10.2 Å². The lowest BCUT2D eigenvalue weighted by Gasteiger charge is -2.34. The van der Waals surface area contributed by atoms with E-state index < -0.39 is 0 Å². The monoisotopic (exact) mass is 464 g/mol. The topological polar surface area (TPSA) is 133 Å². The fourth-order valence-electron chi connectivity index (χ4n) is 3.29.